The highest BCUT2D eigenvalue weighted by Crippen LogP contribution is 2.12. The van der Waals surface area contributed by atoms with Crippen molar-refractivity contribution in [3.8, 4) is 0 Å². The minimum atomic E-state index is -1.08. The number of hydrogen-bond donors (Lipinski definition) is 1. The Labute approximate surface area is 150 Å². The molecule has 0 spiro atoms. The molecule has 1 N–H and O–H groups in total. The molecule has 0 saturated heterocycles. The first kappa shape index (κ1) is 25.6. The molecule has 0 rings (SSSR count). The molecule has 4 nitrogen and oxygen atoms in total. The molecule has 0 radical (unpaired) electrons. The fourth-order valence-corrected chi connectivity index (χ4v) is 2.76. The number of carboxylic acids is 1. The second kappa shape index (κ2) is 18.7. The molecule has 0 aliphatic rings. The van der Waals surface area contributed by atoms with Crippen LogP contribution in [0.15, 0.2) is 0 Å². The second-order valence-corrected chi connectivity index (χ2v) is 7.49. The number of rotatable bonds is 15. The van der Waals surface area contributed by atoms with Crippen LogP contribution in [0.5, 0.6) is 0 Å². The number of aliphatic hydroxyl groups is 1. The number of carbonyl (C=O) groups excluding carboxylic acids is 1. The quantitative estimate of drug-likeness (QED) is 0.365. The van der Waals surface area contributed by atoms with Crippen LogP contribution in [0.2, 0.25) is 0 Å². The Hall–Kier alpha value is -0.610. The number of likely N-dealkylation sites (N-methyl/N-ethyl adjacent to an activating group) is 1. The largest absolute Gasteiger partial charge is 0.550 e. The van der Waals surface area contributed by atoms with Crippen LogP contribution in [-0.2, 0) is 4.79 Å². The van der Waals surface area contributed by atoms with E-state index >= 15 is 0 Å². The molecule has 0 fully saturated rings. The van der Waals surface area contributed by atoms with Gasteiger partial charge in [-0.1, -0.05) is 71.1 Å². The van der Waals surface area contributed by atoms with Crippen molar-refractivity contribution < 1.29 is 19.5 Å². The highest BCUT2D eigenvalue weighted by molar-refractivity contribution is 5.60. The van der Waals surface area contributed by atoms with E-state index in [1.807, 2.05) is 0 Å². The average Bonchev–Trinajstić information content (AvgIpc) is 2.47. The Bertz CT molecular complexity index is 264. The van der Waals surface area contributed by atoms with E-state index in [1.54, 1.807) is 0 Å². The number of quaternary nitrogens is 1. The maximum absolute atomic E-state index is 8.98. The molecule has 0 aromatic heterocycles. The normalized spacial score (nSPS) is 11.0. The molecular formula is C20H43NO3. The van der Waals surface area contributed by atoms with Crippen LogP contribution in [0.25, 0.3) is 0 Å². The topological polar surface area (TPSA) is 60.4 Å². The second-order valence-electron chi connectivity index (χ2n) is 7.49. The van der Waals surface area contributed by atoms with Gasteiger partial charge in [-0.25, -0.2) is 0 Å². The number of aliphatic hydroxyl groups excluding tert-OH is 1. The molecular weight excluding hydrogens is 302 g/mol. The molecule has 0 atom stereocenters. The van der Waals surface area contributed by atoms with Crippen LogP contribution < -0.4 is 5.11 Å². The van der Waals surface area contributed by atoms with Crippen molar-refractivity contribution in [3.05, 3.63) is 0 Å². The summed E-state index contributed by atoms with van der Waals surface area (Å²) < 4.78 is 0.967. The SMILES string of the molecule is CC(=O)[O-].CCCCCCCCCCCCCC[N+](C)(C)CCO. The number of nitrogens with zero attached hydrogens (tertiary/aromatic N) is 1. The molecule has 0 aromatic carbocycles. The maximum atomic E-state index is 8.98. The van der Waals surface area contributed by atoms with Gasteiger partial charge in [0.15, 0.2) is 0 Å². The van der Waals surface area contributed by atoms with Gasteiger partial charge in [0.1, 0.15) is 6.54 Å². The number of carboxylic acid groups (broad SMARTS) is 1. The van der Waals surface area contributed by atoms with Gasteiger partial charge in [-0.15, -0.1) is 0 Å². The predicted molar refractivity (Wildman–Crippen MR) is 101 cm³/mol. The van der Waals surface area contributed by atoms with Crippen LogP contribution in [-0.4, -0.2) is 49.4 Å². The van der Waals surface area contributed by atoms with Crippen LogP contribution in [0.1, 0.15) is 90.9 Å². The van der Waals surface area contributed by atoms with E-state index in [9.17, 15) is 0 Å². The third kappa shape index (κ3) is 26.3. The summed E-state index contributed by atoms with van der Waals surface area (Å²) >= 11 is 0. The van der Waals surface area contributed by atoms with Crippen molar-refractivity contribution >= 4 is 5.97 Å². The molecule has 0 saturated carbocycles. The van der Waals surface area contributed by atoms with E-state index < -0.39 is 5.97 Å². The predicted octanol–water partition coefficient (Wildman–Crippen LogP) is 3.51. The zero-order chi connectivity index (χ0) is 18.7. The molecule has 0 unspecified atom stereocenters. The number of carbonyl (C=O) groups is 1. The Morgan fingerprint density at radius 3 is 1.46 bits per heavy atom. The van der Waals surface area contributed by atoms with Crippen LogP contribution in [0.4, 0.5) is 0 Å². The van der Waals surface area contributed by atoms with Gasteiger partial charge in [-0.05, 0) is 19.8 Å². The third-order valence-electron chi connectivity index (χ3n) is 4.32. The van der Waals surface area contributed by atoms with E-state index in [2.05, 4.69) is 21.0 Å². The lowest BCUT2D eigenvalue weighted by Crippen LogP contribution is -2.42. The molecule has 4 heteroatoms. The summed E-state index contributed by atoms with van der Waals surface area (Å²) in [5.41, 5.74) is 0. The zero-order valence-corrected chi connectivity index (χ0v) is 16.8. The van der Waals surface area contributed by atoms with Gasteiger partial charge in [-0.3, -0.25) is 0 Å². The molecule has 0 bridgehead atoms. The maximum Gasteiger partial charge on any atom is 0.102 e. The molecule has 0 aromatic rings. The van der Waals surface area contributed by atoms with Gasteiger partial charge in [0.2, 0.25) is 0 Å². The van der Waals surface area contributed by atoms with Gasteiger partial charge in [0.05, 0.1) is 27.2 Å². The number of hydrogen-bond acceptors (Lipinski definition) is 3. The molecule has 0 amide bonds. The Kier molecular flexibility index (Phi) is 20.0. The summed E-state index contributed by atoms with van der Waals surface area (Å²) in [6.07, 6.45) is 16.9. The third-order valence-corrected chi connectivity index (χ3v) is 4.32. The van der Waals surface area contributed by atoms with Gasteiger partial charge >= 0.3 is 0 Å². The summed E-state index contributed by atoms with van der Waals surface area (Å²) in [5, 5.41) is 17.9. The summed E-state index contributed by atoms with van der Waals surface area (Å²) in [5.74, 6) is -1.08. The Morgan fingerprint density at radius 2 is 1.12 bits per heavy atom. The first-order valence-corrected chi connectivity index (χ1v) is 9.96. The fraction of sp³-hybridized carbons (Fsp3) is 0.950. The van der Waals surface area contributed by atoms with E-state index in [-0.39, 0.29) is 0 Å². The van der Waals surface area contributed by atoms with Crippen molar-refractivity contribution in [1.29, 1.82) is 0 Å². The molecule has 0 aliphatic carbocycles. The summed E-state index contributed by atoms with van der Waals surface area (Å²) in [7, 11) is 4.43. The molecule has 146 valence electrons. The summed E-state index contributed by atoms with van der Waals surface area (Å²) in [6.45, 7) is 5.66. The summed E-state index contributed by atoms with van der Waals surface area (Å²) in [4.78, 5) is 8.89. The lowest BCUT2D eigenvalue weighted by atomic mass is 10.1. The molecule has 24 heavy (non-hydrogen) atoms. The van der Waals surface area contributed by atoms with E-state index in [0.717, 1.165) is 18.0 Å². The van der Waals surface area contributed by atoms with Gasteiger partial charge < -0.3 is 19.5 Å². The fourth-order valence-electron chi connectivity index (χ4n) is 2.76. The van der Waals surface area contributed by atoms with Gasteiger partial charge in [0.25, 0.3) is 0 Å². The van der Waals surface area contributed by atoms with E-state index in [1.165, 1.54) is 83.6 Å². The minimum absolute atomic E-state index is 0.311. The number of aliphatic carboxylic acids is 1. The van der Waals surface area contributed by atoms with Crippen molar-refractivity contribution in [1.82, 2.24) is 0 Å². The Balaban J connectivity index is 0. The highest BCUT2D eigenvalue weighted by atomic mass is 16.4. The summed E-state index contributed by atoms with van der Waals surface area (Å²) in [6, 6.07) is 0. The van der Waals surface area contributed by atoms with Crippen molar-refractivity contribution in [3.63, 3.8) is 0 Å². The smallest absolute Gasteiger partial charge is 0.102 e. The van der Waals surface area contributed by atoms with E-state index in [0.29, 0.717) is 6.61 Å². The lowest BCUT2D eigenvalue weighted by Gasteiger charge is -2.28. The van der Waals surface area contributed by atoms with Crippen LogP contribution >= 0.6 is 0 Å². The first-order valence-electron chi connectivity index (χ1n) is 9.96. The number of unbranched alkanes of at least 4 members (excludes halogenated alkanes) is 11. The standard InChI is InChI=1S/C18H40NO.C2H4O2/c1-4-5-6-7-8-9-10-11-12-13-14-15-16-19(2,3)17-18-20;1-2(3)4/h20H,4-18H2,1-3H3;1H3,(H,3,4)/q+1;/p-1. The average molecular weight is 346 g/mol. The van der Waals surface area contributed by atoms with Gasteiger partial charge in [-0.2, -0.15) is 0 Å². The molecule has 0 heterocycles. The minimum Gasteiger partial charge on any atom is -0.550 e. The molecule has 0 aliphatic heterocycles. The highest BCUT2D eigenvalue weighted by Gasteiger charge is 2.12. The van der Waals surface area contributed by atoms with E-state index in [4.69, 9.17) is 15.0 Å². The van der Waals surface area contributed by atoms with Crippen LogP contribution in [0.3, 0.4) is 0 Å². The van der Waals surface area contributed by atoms with Crippen molar-refractivity contribution in [2.24, 2.45) is 0 Å². The van der Waals surface area contributed by atoms with Gasteiger partial charge in [0, 0.05) is 5.97 Å². The monoisotopic (exact) mass is 345 g/mol. The van der Waals surface area contributed by atoms with Crippen molar-refractivity contribution in [2.45, 2.75) is 90.9 Å². The first-order chi connectivity index (χ1) is 11.4. The lowest BCUT2D eigenvalue weighted by molar-refractivity contribution is -0.890. The van der Waals surface area contributed by atoms with Crippen molar-refractivity contribution in [2.75, 3.05) is 33.8 Å². The van der Waals surface area contributed by atoms with Crippen LogP contribution in [0, 0.1) is 0 Å². The Morgan fingerprint density at radius 1 is 0.792 bits per heavy atom. The zero-order valence-electron chi connectivity index (χ0n) is 16.8.